The number of unbranched alkanes of at least 4 members (excludes halogenated alkanes) is 2. The molecular weight excluding hydrogens is 346 g/mol. The number of benzene rings is 1. The second kappa shape index (κ2) is 7.79. The predicted molar refractivity (Wildman–Crippen MR) is 103 cm³/mol. The summed E-state index contributed by atoms with van der Waals surface area (Å²) in [4.78, 5) is 14.5. The van der Waals surface area contributed by atoms with Gasteiger partial charge in [0.15, 0.2) is 0 Å². The van der Waals surface area contributed by atoms with Crippen LogP contribution < -0.4 is 4.74 Å². The van der Waals surface area contributed by atoms with E-state index >= 15 is 0 Å². The maximum Gasteiger partial charge on any atom is 0.294 e. The van der Waals surface area contributed by atoms with E-state index < -0.39 is 5.09 Å². The first-order valence-electron chi connectivity index (χ1n) is 9.75. The molecule has 27 heavy (non-hydrogen) atoms. The largest absolute Gasteiger partial charge is 0.508 e. The second-order valence-electron chi connectivity index (χ2n) is 8.30. The molecule has 0 radical (unpaired) electrons. The van der Waals surface area contributed by atoms with E-state index in [1.165, 1.54) is 5.57 Å². The van der Waals surface area contributed by atoms with Gasteiger partial charge in [0.25, 0.3) is 5.09 Å². The van der Waals surface area contributed by atoms with Crippen molar-refractivity contribution in [2.45, 2.75) is 70.8 Å². The van der Waals surface area contributed by atoms with Crippen molar-refractivity contribution < 1.29 is 19.8 Å². The zero-order valence-corrected chi connectivity index (χ0v) is 16.4. The van der Waals surface area contributed by atoms with Gasteiger partial charge in [-0.15, -0.1) is 10.1 Å². The predicted octanol–water partition coefficient (Wildman–Crippen LogP) is 4.92. The Morgan fingerprint density at radius 1 is 1.33 bits per heavy atom. The molecule has 1 aliphatic heterocycles. The van der Waals surface area contributed by atoms with Gasteiger partial charge in [0.2, 0.25) is 0 Å². The summed E-state index contributed by atoms with van der Waals surface area (Å²) in [6, 6.07) is 3.92. The summed E-state index contributed by atoms with van der Waals surface area (Å²) in [5, 5.41) is 20.1. The molecule has 0 amide bonds. The van der Waals surface area contributed by atoms with Crippen molar-refractivity contribution in [3.63, 3.8) is 0 Å². The van der Waals surface area contributed by atoms with E-state index in [9.17, 15) is 15.2 Å². The highest BCUT2D eigenvalue weighted by Gasteiger charge is 2.45. The zero-order chi connectivity index (χ0) is 19.6. The number of phenols is 1. The van der Waals surface area contributed by atoms with E-state index in [2.05, 4.69) is 37.8 Å². The number of phenolic OH excluding ortho intramolecular Hbond substituents is 1. The van der Waals surface area contributed by atoms with Crippen molar-refractivity contribution in [1.82, 2.24) is 0 Å². The fraction of sp³-hybridized carbons (Fsp3) is 0.619. The normalized spacial score (nSPS) is 22.9. The van der Waals surface area contributed by atoms with Crippen molar-refractivity contribution in [2.75, 3.05) is 6.61 Å². The lowest BCUT2D eigenvalue weighted by Crippen LogP contribution is -2.45. The quantitative estimate of drug-likeness (QED) is 0.316. The van der Waals surface area contributed by atoms with E-state index in [0.717, 1.165) is 49.0 Å². The Bertz CT molecular complexity index is 740. The Balaban J connectivity index is 1.70. The van der Waals surface area contributed by atoms with Crippen LogP contribution in [0.15, 0.2) is 23.8 Å². The van der Waals surface area contributed by atoms with E-state index in [1.807, 2.05) is 6.07 Å². The minimum absolute atomic E-state index is 0.135. The summed E-state index contributed by atoms with van der Waals surface area (Å²) in [6.07, 6.45) is 7.42. The third kappa shape index (κ3) is 4.37. The molecule has 0 unspecified atom stereocenters. The fourth-order valence-corrected chi connectivity index (χ4v) is 4.51. The van der Waals surface area contributed by atoms with Gasteiger partial charge in [-0.2, -0.15) is 0 Å². The summed E-state index contributed by atoms with van der Waals surface area (Å²) in [6.45, 7) is 6.57. The topological polar surface area (TPSA) is 81.8 Å². The van der Waals surface area contributed by atoms with Crippen LogP contribution in [0.2, 0.25) is 0 Å². The van der Waals surface area contributed by atoms with Crippen LogP contribution in [0, 0.1) is 16.0 Å². The fourth-order valence-electron chi connectivity index (χ4n) is 4.51. The van der Waals surface area contributed by atoms with E-state index in [-0.39, 0.29) is 12.2 Å². The number of ether oxygens (including phenoxy) is 1. The molecule has 0 bridgehead atoms. The monoisotopic (exact) mass is 375 g/mol. The zero-order valence-electron chi connectivity index (χ0n) is 16.4. The number of aryl methyl sites for hydroxylation is 1. The first-order chi connectivity index (χ1) is 12.8. The number of hydrogen-bond donors (Lipinski definition) is 1. The van der Waals surface area contributed by atoms with Gasteiger partial charge in [0, 0.05) is 17.4 Å². The SMILES string of the molecule is CC1=CC[C@@H]2[C@@H](C1)c1c(O)cc(CCCCCO[N+](=O)[O-])cc1OC2(C)C. The highest BCUT2D eigenvalue weighted by molar-refractivity contribution is 5.52. The van der Waals surface area contributed by atoms with Crippen LogP contribution in [0.1, 0.15) is 69.9 Å². The smallest absolute Gasteiger partial charge is 0.294 e. The highest BCUT2D eigenvalue weighted by atomic mass is 16.9. The molecule has 0 saturated carbocycles. The number of nitrogens with zero attached hydrogens (tertiary/aromatic N) is 1. The van der Waals surface area contributed by atoms with Crippen molar-refractivity contribution >= 4 is 0 Å². The Morgan fingerprint density at radius 3 is 2.85 bits per heavy atom. The Labute approximate surface area is 160 Å². The van der Waals surface area contributed by atoms with E-state index in [4.69, 9.17) is 4.74 Å². The summed E-state index contributed by atoms with van der Waals surface area (Å²) in [7, 11) is 0. The van der Waals surface area contributed by atoms with Gasteiger partial charge in [-0.1, -0.05) is 18.1 Å². The summed E-state index contributed by atoms with van der Waals surface area (Å²) in [5.41, 5.74) is 3.11. The van der Waals surface area contributed by atoms with Crippen LogP contribution in [0.5, 0.6) is 11.5 Å². The highest BCUT2D eigenvalue weighted by Crippen LogP contribution is 2.54. The number of hydrogen-bond acceptors (Lipinski definition) is 5. The lowest BCUT2D eigenvalue weighted by molar-refractivity contribution is -0.757. The van der Waals surface area contributed by atoms with E-state index in [1.54, 1.807) is 0 Å². The minimum atomic E-state index is -0.754. The van der Waals surface area contributed by atoms with Crippen molar-refractivity contribution in [3.8, 4) is 11.5 Å². The molecule has 0 saturated heterocycles. The van der Waals surface area contributed by atoms with Crippen molar-refractivity contribution in [3.05, 3.63) is 45.0 Å². The van der Waals surface area contributed by atoms with Crippen molar-refractivity contribution in [1.29, 1.82) is 0 Å². The van der Waals surface area contributed by atoms with E-state index in [0.29, 0.717) is 24.0 Å². The number of aromatic hydroxyl groups is 1. The minimum Gasteiger partial charge on any atom is -0.508 e. The maximum absolute atomic E-state index is 10.7. The lowest BCUT2D eigenvalue weighted by atomic mass is 9.67. The second-order valence-corrected chi connectivity index (χ2v) is 8.30. The average Bonchev–Trinajstić information content (AvgIpc) is 2.56. The molecule has 0 spiro atoms. The molecule has 1 aromatic carbocycles. The first kappa shape index (κ1) is 19.5. The van der Waals surface area contributed by atoms with Crippen LogP contribution in [-0.2, 0) is 11.3 Å². The average molecular weight is 375 g/mol. The van der Waals surface area contributed by atoms with Gasteiger partial charge >= 0.3 is 0 Å². The first-order valence-corrected chi connectivity index (χ1v) is 9.75. The van der Waals surface area contributed by atoms with Gasteiger partial charge in [-0.05, 0) is 70.6 Å². The van der Waals surface area contributed by atoms with Crippen LogP contribution in [0.25, 0.3) is 0 Å². The summed E-state index contributed by atoms with van der Waals surface area (Å²) >= 11 is 0. The molecular formula is C21H29NO5. The van der Waals surface area contributed by atoms with Crippen LogP contribution in [-0.4, -0.2) is 22.4 Å². The van der Waals surface area contributed by atoms with Crippen LogP contribution >= 0.6 is 0 Å². The standard InChI is InChI=1S/C21H29NO5/c1-14-8-9-17-16(11-14)20-18(23)12-15(13-19(20)27-21(17,2)3)7-5-4-6-10-26-22(24)25/h8,12-13,16-17,23H,4-7,9-11H2,1-3H3/t16-,17-/m1/s1. The number of rotatable bonds is 7. The van der Waals surface area contributed by atoms with Gasteiger partial charge in [-0.3, -0.25) is 0 Å². The molecule has 1 aromatic rings. The number of allylic oxidation sites excluding steroid dienone is 2. The molecule has 6 nitrogen and oxygen atoms in total. The maximum atomic E-state index is 10.7. The van der Waals surface area contributed by atoms with Crippen LogP contribution in [0.3, 0.4) is 0 Å². The van der Waals surface area contributed by atoms with Gasteiger partial charge in [0.1, 0.15) is 17.1 Å². The Morgan fingerprint density at radius 2 is 2.11 bits per heavy atom. The number of fused-ring (bicyclic) bond motifs is 3. The Hall–Kier alpha value is -2.24. The molecule has 6 heteroatoms. The summed E-state index contributed by atoms with van der Waals surface area (Å²) in [5.74, 6) is 1.80. The molecule has 1 aliphatic carbocycles. The molecule has 0 aromatic heterocycles. The molecule has 0 fully saturated rings. The lowest BCUT2D eigenvalue weighted by Gasteiger charge is -2.47. The van der Waals surface area contributed by atoms with Crippen molar-refractivity contribution in [2.24, 2.45) is 5.92 Å². The molecule has 2 aliphatic rings. The van der Waals surface area contributed by atoms with Gasteiger partial charge in [0.05, 0.1) is 6.61 Å². The summed E-state index contributed by atoms with van der Waals surface area (Å²) < 4.78 is 6.33. The molecule has 148 valence electrons. The molecule has 2 atom stereocenters. The van der Waals surface area contributed by atoms with Gasteiger partial charge in [-0.25, -0.2) is 0 Å². The third-order valence-corrected chi connectivity index (χ3v) is 5.87. The molecule has 1 heterocycles. The Kier molecular flexibility index (Phi) is 5.63. The molecule has 1 N–H and O–H groups in total. The van der Waals surface area contributed by atoms with Gasteiger partial charge < -0.3 is 14.7 Å². The molecule has 3 rings (SSSR count). The third-order valence-electron chi connectivity index (χ3n) is 5.87. The van der Waals surface area contributed by atoms with Crippen LogP contribution in [0.4, 0.5) is 0 Å².